The van der Waals surface area contributed by atoms with E-state index in [2.05, 4.69) is 50.4 Å². The predicted molar refractivity (Wildman–Crippen MR) is 101 cm³/mol. The normalized spacial score (nSPS) is 10.9. The van der Waals surface area contributed by atoms with E-state index in [4.69, 9.17) is 4.74 Å². The Morgan fingerprint density at radius 2 is 1.58 bits per heavy atom. The molecule has 3 nitrogen and oxygen atoms in total. The molecule has 0 saturated heterocycles. The fourth-order valence-corrected chi connectivity index (χ4v) is 3.54. The SMILES string of the molecule is COc1ccc(-c2[nH]ncc2-c2ccccc2Br)c2ccccc12. The maximum absolute atomic E-state index is 5.50. The molecule has 1 N–H and O–H groups in total. The molecule has 4 rings (SSSR count). The monoisotopic (exact) mass is 378 g/mol. The van der Waals surface area contributed by atoms with Gasteiger partial charge in [0.25, 0.3) is 0 Å². The predicted octanol–water partition coefficient (Wildman–Crippen LogP) is 5.67. The summed E-state index contributed by atoms with van der Waals surface area (Å²) in [4.78, 5) is 0. The number of hydrogen-bond acceptors (Lipinski definition) is 2. The van der Waals surface area contributed by atoms with Gasteiger partial charge in [-0.25, -0.2) is 0 Å². The highest BCUT2D eigenvalue weighted by molar-refractivity contribution is 9.10. The molecule has 0 aliphatic carbocycles. The molecule has 0 aliphatic rings. The first kappa shape index (κ1) is 15.0. The number of hydrogen-bond donors (Lipinski definition) is 1. The number of halogens is 1. The second-order valence-electron chi connectivity index (χ2n) is 5.50. The van der Waals surface area contributed by atoms with Gasteiger partial charge in [-0.3, -0.25) is 5.10 Å². The van der Waals surface area contributed by atoms with Gasteiger partial charge in [0.1, 0.15) is 5.75 Å². The summed E-state index contributed by atoms with van der Waals surface area (Å²) in [5, 5.41) is 9.68. The molecule has 0 saturated carbocycles. The van der Waals surface area contributed by atoms with Crippen molar-refractivity contribution in [2.24, 2.45) is 0 Å². The lowest BCUT2D eigenvalue weighted by molar-refractivity contribution is 0.420. The molecule has 1 heterocycles. The van der Waals surface area contributed by atoms with Crippen LogP contribution in [0.5, 0.6) is 5.75 Å². The van der Waals surface area contributed by atoms with Gasteiger partial charge in [0, 0.05) is 21.0 Å². The largest absolute Gasteiger partial charge is 0.496 e. The third kappa shape index (κ3) is 2.39. The molecule has 24 heavy (non-hydrogen) atoms. The number of methoxy groups -OCH3 is 1. The van der Waals surface area contributed by atoms with Crippen LogP contribution >= 0.6 is 15.9 Å². The molecule has 0 atom stereocenters. The highest BCUT2D eigenvalue weighted by Gasteiger charge is 2.15. The van der Waals surface area contributed by atoms with Crippen LogP contribution in [-0.4, -0.2) is 17.3 Å². The number of aromatic nitrogens is 2. The van der Waals surface area contributed by atoms with Gasteiger partial charge >= 0.3 is 0 Å². The summed E-state index contributed by atoms with van der Waals surface area (Å²) in [6.07, 6.45) is 1.87. The van der Waals surface area contributed by atoms with Crippen LogP contribution in [0.2, 0.25) is 0 Å². The fourth-order valence-electron chi connectivity index (χ4n) is 3.04. The maximum Gasteiger partial charge on any atom is 0.126 e. The van der Waals surface area contributed by atoms with Crippen LogP contribution in [0.25, 0.3) is 33.2 Å². The molecule has 0 fully saturated rings. The van der Waals surface area contributed by atoms with Crippen molar-refractivity contribution in [1.82, 2.24) is 10.2 Å². The van der Waals surface area contributed by atoms with Gasteiger partial charge < -0.3 is 4.74 Å². The van der Waals surface area contributed by atoms with E-state index in [1.165, 1.54) is 0 Å². The molecule has 0 spiro atoms. The quantitative estimate of drug-likeness (QED) is 0.498. The number of nitrogens with one attached hydrogen (secondary N) is 1. The lowest BCUT2D eigenvalue weighted by Gasteiger charge is -2.11. The van der Waals surface area contributed by atoms with E-state index in [1.54, 1.807) is 7.11 Å². The zero-order valence-corrected chi connectivity index (χ0v) is 14.7. The smallest absolute Gasteiger partial charge is 0.126 e. The minimum Gasteiger partial charge on any atom is -0.496 e. The summed E-state index contributed by atoms with van der Waals surface area (Å²) in [7, 11) is 1.70. The molecule has 1 aromatic heterocycles. The van der Waals surface area contributed by atoms with Crippen LogP contribution in [0.1, 0.15) is 0 Å². The van der Waals surface area contributed by atoms with E-state index in [0.717, 1.165) is 43.4 Å². The van der Waals surface area contributed by atoms with Crippen molar-refractivity contribution in [3.8, 4) is 28.1 Å². The fraction of sp³-hybridized carbons (Fsp3) is 0.0500. The van der Waals surface area contributed by atoms with E-state index >= 15 is 0 Å². The standard InChI is InChI=1S/C20H15BrN2O/c1-24-19-11-10-16(13-6-2-3-8-15(13)19)20-17(12-22-23-20)14-7-4-5-9-18(14)21/h2-12H,1H3,(H,22,23). The molecule has 0 unspecified atom stereocenters. The number of aromatic amines is 1. The highest BCUT2D eigenvalue weighted by atomic mass is 79.9. The van der Waals surface area contributed by atoms with Gasteiger partial charge in [0.2, 0.25) is 0 Å². The number of ether oxygens (including phenoxy) is 1. The van der Waals surface area contributed by atoms with Crippen molar-refractivity contribution >= 4 is 26.7 Å². The van der Waals surface area contributed by atoms with E-state index < -0.39 is 0 Å². The third-order valence-corrected chi connectivity index (χ3v) is 4.87. The van der Waals surface area contributed by atoms with Crippen LogP contribution in [0.15, 0.2) is 71.3 Å². The lowest BCUT2D eigenvalue weighted by Crippen LogP contribution is -1.89. The Labute approximate surface area is 148 Å². The summed E-state index contributed by atoms with van der Waals surface area (Å²) in [5.41, 5.74) is 4.29. The lowest BCUT2D eigenvalue weighted by atomic mass is 9.97. The summed E-state index contributed by atoms with van der Waals surface area (Å²) >= 11 is 3.64. The van der Waals surface area contributed by atoms with Crippen LogP contribution in [0.4, 0.5) is 0 Å². The van der Waals surface area contributed by atoms with Crippen molar-refractivity contribution in [1.29, 1.82) is 0 Å². The number of fused-ring (bicyclic) bond motifs is 1. The van der Waals surface area contributed by atoms with Gasteiger partial charge in [-0.2, -0.15) is 5.10 Å². The Kier molecular flexibility index (Phi) is 3.82. The molecule has 0 aliphatic heterocycles. The Bertz CT molecular complexity index is 1020. The topological polar surface area (TPSA) is 37.9 Å². The van der Waals surface area contributed by atoms with E-state index in [-0.39, 0.29) is 0 Å². The zero-order valence-electron chi connectivity index (χ0n) is 13.1. The van der Waals surface area contributed by atoms with Crippen molar-refractivity contribution in [2.75, 3.05) is 7.11 Å². The maximum atomic E-state index is 5.50. The van der Waals surface area contributed by atoms with Crippen molar-refractivity contribution in [3.63, 3.8) is 0 Å². The molecule has 0 amide bonds. The van der Waals surface area contributed by atoms with Crippen LogP contribution < -0.4 is 4.74 Å². The molecule has 4 aromatic rings. The molecular formula is C20H15BrN2O. The van der Waals surface area contributed by atoms with Gasteiger partial charge in [0.15, 0.2) is 0 Å². The molecule has 0 radical (unpaired) electrons. The van der Waals surface area contributed by atoms with Crippen molar-refractivity contribution in [2.45, 2.75) is 0 Å². The summed E-state index contributed by atoms with van der Waals surface area (Å²) in [6, 6.07) is 20.5. The summed E-state index contributed by atoms with van der Waals surface area (Å²) in [5.74, 6) is 0.872. The Morgan fingerprint density at radius 1 is 0.833 bits per heavy atom. The van der Waals surface area contributed by atoms with E-state index in [9.17, 15) is 0 Å². The van der Waals surface area contributed by atoms with Gasteiger partial charge in [-0.1, -0.05) is 58.4 Å². The average molecular weight is 379 g/mol. The van der Waals surface area contributed by atoms with Crippen LogP contribution in [0.3, 0.4) is 0 Å². The molecule has 0 bridgehead atoms. The van der Waals surface area contributed by atoms with Crippen LogP contribution in [0, 0.1) is 0 Å². The summed E-state index contributed by atoms with van der Waals surface area (Å²) in [6.45, 7) is 0. The minimum atomic E-state index is 0.872. The van der Waals surface area contributed by atoms with Crippen molar-refractivity contribution in [3.05, 3.63) is 71.3 Å². The Hall–Kier alpha value is -2.59. The first-order valence-corrected chi connectivity index (χ1v) is 8.43. The van der Waals surface area contributed by atoms with Gasteiger partial charge in [-0.15, -0.1) is 0 Å². The second-order valence-corrected chi connectivity index (χ2v) is 6.35. The second kappa shape index (κ2) is 6.13. The molecule has 118 valence electrons. The first-order valence-electron chi connectivity index (χ1n) is 7.64. The number of benzene rings is 3. The third-order valence-electron chi connectivity index (χ3n) is 4.18. The van der Waals surface area contributed by atoms with E-state index in [1.807, 2.05) is 42.6 Å². The molecular weight excluding hydrogens is 364 g/mol. The molecule has 3 aromatic carbocycles. The summed E-state index contributed by atoms with van der Waals surface area (Å²) < 4.78 is 6.55. The minimum absolute atomic E-state index is 0.872. The van der Waals surface area contributed by atoms with Crippen LogP contribution in [-0.2, 0) is 0 Å². The van der Waals surface area contributed by atoms with Gasteiger partial charge in [0.05, 0.1) is 19.0 Å². The number of rotatable bonds is 3. The number of H-pyrrole nitrogens is 1. The number of nitrogens with zero attached hydrogens (tertiary/aromatic N) is 1. The molecule has 4 heteroatoms. The average Bonchev–Trinajstić information content (AvgIpc) is 3.10. The Balaban J connectivity index is 1.98. The van der Waals surface area contributed by atoms with E-state index in [0.29, 0.717) is 0 Å². The zero-order chi connectivity index (χ0) is 16.5. The first-order chi connectivity index (χ1) is 11.8. The van der Waals surface area contributed by atoms with Crippen molar-refractivity contribution < 1.29 is 4.74 Å². The Morgan fingerprint density at radius 3 is 2.38 bits per heavy atom. The van der Waals surface area contributed by atoms with Gasteiger partial charge in [-0.05, 0) is 29.1 Å². The highest BCUT2D eigenvalue weighted by Crippen LogP contribution is 2.39.